The van der Waals surface area contributed by atoms with Crippen molar-refractivity contribution in [2.24, 2.45) is 0 Å². The minimum atomic E-state index is -0.796. The molecule has 1 heterocycles. The van der Waals surface area contributed by atoms with Crippen LogP contribution in [0.1, 0.15) is 22.9 Å². The molecular formula is C12H12FNO. The van der Waals surface area contributed by atoms with Gasteiger partial charge in [-0.25, -0.2) is 4.39 Å². The van der Waals surface area contributed by atoms with E-state index in [1.807, 2.05) is 0 Å². The fraction of sp³-hybridized carbons (Fsp3) is 0.167. The van der Waals surface area contributed by atoms with E-state index in [1.165, 1.54) is 6.07 Å². The molecule has 2 aromatic rings. The fourth-order valence-electron chi connectivity index (χ4n) is 1.47. The van der Waals surface area contributed by atoms with E-state index in [-0.39, 0.29) is 5.82 Å². The largest absolute Gasteiger partial charge is 0.382 e. The van der Waals surface area contributed by atoms with E-state index in [2.05, 4.69) is 4.98 Å². The molecule has 1 unspecified atom stereocenters. The molecule has 78 valence electrons. The summed E-state index contributed by atoms with van der Waals surface area (Å²) in [6.45, 7) is 1.69. The molecular weight excluding hydrogens is 193 g/mol. The van der Waals surface area contributed by atoms with Gasteiger partial charge >= 0.3 is 0 Å². The molecule has 0 aliphatic carbocycles. The van der Waals surface area contributed by atoms with E-state index < -0.39 is 6.10 Å². The van der Waals surface area contributed by atoms with E-state index >= 15 is 0 Å². The number of hydrogen-bond acceptors (Lipinski definition) is 1. The summed E-state index contributed by atoms with van der Waals surface area (Å²) in [6, 6.07) is 8.31. The van der Waals surface area contributed by atoms with Gasteiger partial charge in [0.1, 0.15) is 11.9 Å². The zero-order chi connectivity index (χ0) is 10.8. The van der Waals surface area contributed by atoms with Gasteiger partial charge in [-0.1, -0.05) is 12.1 Å². The third-order valence-corrected chi connectivity index (χ3v) is 2.43. The van der Waals surface area contributed by atoms with Crippen molar-refractivity contribution in [2.45, 2.75) is 13.0 Å². The standard InChI is InChI=1S/C12H12FNO/c1-8-4-5-9(7-10(8)13)12(15)11-3-2-6-14-11/h2-7,12,14-15H,1H3. The summed E-state index contributed by atoms with van der Waals surface area (Å²) in [5.74, 6) is -0.293. The summed E-state index contributed by atoms with van der Waals surface area (Å²) in [5.41, 5.74) is 1.80. The van der Waals surface area contributed by atoms with Crippen molar-refractivity contribution in [3.63, 3.8) is 0 Å². The van der Waals surface area contributed by atoms with Crippen molar-refractivity contribution >= 4 is 0 Å². The van der Waals surface area contributed by atoms with E-state index in [1.54, 1.807) is 37.4 Å². The Morgan fingerprint density at radius 1 is 1.33 bits per heavy atom. The van der Waals surface area contributed by atoms with Crippen LogP contribution in [-0.2, 0) is 0 Å². The molecule has 3 heteroatoms. The lowest BCUT2D eigenvalue weighted by Gasteiger charge is -2.09. The molecule has 0 bridgehead atoms. The summed E-state index contributed by atoms with van der Waals surface area (Å²) in [4.78, 5) is 2.90. The van der Waals surface area contributed by atoms with E-state index in [4.69, 9.17) is 0 Å². The minimum Gasteiger partial charge on any atom is -0.382 e. The molecule has 0 aliphatic heterocycles. The number of rotatable bonds is 2. The van der Waals surface area contributed by atoms with E-state index in [0.29, 0.717) is 16.8 Å². The van der Waals surface area contributed by atoms with Crippen molar-refractivity contribution in [1.82, 2.24) is 4.98 Å². The first-order chi connectivity index (χ1) is 7.18. The number of hydrogen-bond donors (Lipinski definition) is 2. The van der Waals surface area contributed by atoms with Gasteiger partial charge in [-0.3, -0.25) is 0 Å². The topological polar surface area (TPSA) is 36.0 Å². The van der Waals surface area contributed by atoms with Gasteiger partial charge in [0.05, 0.1) is 0 Å². The third-order valence-electron chi connectivity index (χ3n) is 2.43. The van der Waals surface area contributed by atoms with Crippen LogP contribution >= 0.6 is 0 Å². The van der Waals surface area contributed by atoms with Crippen LogP contribution in [0.5, 0.6) is 0 Å². The lowest BCUT2D eigenvalue weighted by molar-refractivity contribution is 0.215. The van der Waals surface area contributed by atoms with Crippen molar-refractivity contribution < 1.29 is 9.50 Å². The number of halogens is 1. The summed E-state index contributed by atoms with van der Waals surface area (Å²) in [6.07, 6.45) is 0.929. The summed E-state index contributed by atoms with van der Waals surface area (Å²) in [5, 5.41) is 9.90. The molecule has 0 fully saturated rings. The third kappa shape index (κ3) is 1.92. The number of aliphatic hydroxyl groups excluding tert-OH is 1. The molecule has 2 rings (SSSR count). The van der Waals surface area contributed by atoms with Crippen LogP contribution in [0.2, 0.25) is 0 Å². The average molecular weight is 205 g/mol. The predicted octanol–water partition coefficient (Wildman–Crippen LogP) is 2.54. The van der Waals surface area contributed by atoms with Gasteiger partial charge in [-0.15, -0.1) is 0 Å². The maximum absolute atomic E-state index is 13.3. The molecule has 0 saturated heterocycles. The summed E-state index contributed by atoms with van der Waals surface area (Å²) < 4.78 is 13.3. The number of nitrogens with one attached hydrogen (secondary N) is 1. The van der Waals surface area contributed by atoms with Gasteiger partial charge in [0.2, 0.25) is 0 Å². The summed E-state index contributed by atoms with van der Waals surface area (Å²) >= 11 is 0. The average Bonchev–Trinajstić information content (AvgIpc) is 2.74. The molecule has 1 atom stereocenters. The molecule has 0 aliphatic rings. The second kappa shape index (κ2) is 3.87. The first-order valence-corrected chi connectivity index (χ1v) is 4.76. The second-order valence-electron chi connectivity index (χ2n) is 3.54. The van der Waals surface area contributed by atoms with E-state index in [0.717, 1.165) is 0 Å². The molecule has 0 saturated carbocycles. The lowest BCUT2D eigenvalue weighted by Crippen LogP contribution is -2.00. The Hall–Kier alpha value is -1.61. The van der Waals surface area contributed by atoms with Gasteiger partial charge in [0.15, 0.2) is 0 Å². The Bertz CT molecular complexity index is 451. The predicted molar refractivity (Wildman–Crippen MR) is 56.0 cm³/mol. The Morgan fingerprint density at radius 2 is 2.13 bits per heavy atom. The van der Waals surface area contributed by atoms with Crippen LogP contribution in [-0.4, -0.2) is 10.1 Å². The first kappa shape index (κ1) is 9.93. The van der Waals surface area contributed by atoms with Crippen molar-refractivity contribution in [3.05, 3.63) is 59.2 Å². The molecule has 0 radical (unpaired) electrons. The minimum absolute atomic E-state index is 0.293. The quantitative estimate of drug-likeness (QED) is 0.776. The van der Waals surface area contributed by atoms with Crippen LogP contribution in [0.15, 0.2) is 36.5 Å². The number of aromatic amines is 1. The first-order valence-electron chi connectivity index (χ1n) is 4.76. The number of aromatic nitrogens is 1. The smallest absolute Gasteiger partial charge is 0.126 e. The van der Waals surface area contributed by atoms with E-state index in [9.17, 15) is 9.50 Å². The SMILES string of the molecule is Cc1ccc(C(O)c2ccc[nH]2)cc1F. The molecule has 1 aromatic heterocycles. The Morgan fingerprint density at radius 3 is 2.73 bits per heavy atom. The molecule has 2 nitrogen and oxygen atoms in total. The Balaban J connectivity index is 2.34. The molecule has 2 N–H and O–H groups in total. The highest BCUT2D eigenvalue weighted by Crippen LogP contribution is 2.21. The van der Waals surface area contributed by atoms with Crippen LogP contribution in [0.3, 0.4) is 0 Å². The zero-order valence-corrected chi connectivity index (χ0v) is 8.37. The monoisotopic (exact) mass is 205 g/mol. The van der Waals surface area contributed by atoms with Crippen molar-refractivity contribution in [1.29, 1.82) is 0 Å². The van der Waals surface area contributed by atoms with Crippen LogP contribution in [0.4, 0.5) is 4.39 Å². The maximum Gasteiger partial charge on any atom is 0.126 e. The Kier molecular flexibility index (Phi) is 2.56. The van der Waals surface area contributed by atoms with Crippen molar-refractivity contribution in [3.8, 4) is 0 Å². The number of aryl methyl sites for hydroxylation is 1. The summed E-state index contributed by atoms with van der Waals surface area (Å²) in [7, 11) is 0. The number of H-pyrrole nitrogens is 1. The van der Waals surface area contributed by atoms with Gasteiger partial charge in [-0.05, 0) is 36.2 Å². The Labute approximate surface area is 87.4 Å². The van der Waals surface area contributed by atoms with Crippen LogP contribution in [0.25, 0.3) is 0 Å². The molecule has 0 amide bonds. The normalized spacial score (nSPS) is 12.7. The highest BCUT2D eigenvalue weighted by Gasteiger charge is 2.12. The maximum atomic E-state index is 13.3. The van der Waals surface area contributed by atoms with Crippen LogP contribution in [0, 0.1) is 12.7 Å². The zero-order valence-electron chi connectivity index (χ0n) is 8.37. The number of benzene rings is 1. The van der Waals surface area contributed by atoms with Gasteiger partial charge < -0.3 is 10.1 Å². The molecule has 15 heavy (non-hydrogen) atoms. The van der Waals surface area contributed by atoms with Crippen molar-refractivity contribution in [2.75, 3.05) is 0 Å². The lowest BCUT2D eigenvalue weighted by atomic mass is 10.0. The number of aliphatic hydroxyl groups is 1. The highest BCUT2D eigenvalue weighted by atomic mass is 19.1. The molecule has 0 spiro atoms. The highest BCUT2D eigenvalue weighted by molar-refractivity contribution is 5.29. The second-order valence-corrected chi connectivity index (χ2v) is 3.54. The van der Waals surface area contributed by atoms with Gasteiger partial charge in [-0.2, -0.15) is 0 Å². The van der Waals surface area contributed by atoms with Gasteiger partial charge in [0.25, 0.3) is 0 Å². The van der Waals surface area contributed by atoms with Gasteiger partial charge in [0, 0.05) is 11.9 Å². The van der Waals surface area contributed by atoms with Crippen LogP contribution < -0.4 is 0 Å². The molecule has 1 aromatic carbocycles. The fourth-order valence-corrected chi connectivity index (χ4v) is 1.47.